The highest BCUT2D eigenvalue weighted by molar-refractivity contribution is 7.92. The molecule has 0 aliphatic carbocycles. The van der Waals surface area contributed by atoms with Crippen LogP contribution < -0.4 is 10.0 Å². The second-order valence-electron chi connectivity index (χ2n) is 7.46. The van der Waals surface area contributed by atoms with Gasteiger partial charge in [-0.15, -0.1) is 0 Å². The number of rotatable bonds is 7. The van der Waals surface area contributed by atoms with Crippen LogP contribution in [0.4, 0.5) is 11.4 Å². The molecule has 2 aromatic rings. The number of nitrogens with one attached hydrogen (secondary N) is 2. The third-order valence-corrected chi connectivity index (χ3v) is 5.90. The summed E-state index contributed by atoms with van der Waals surface area (Å²) in [7, 11) is -3.29. The molecule has 0 bridgehead atoms. The smallest absolute Gasteiger partial charge is 0.241 e. The Kier molecular flexibility index (Phi) is 7.03. The summed E-state index contributed by atoms with van der Waals surface area (Å²) in [5.41, 5.74) is 2.55. The van der Waals surface area contributed by atoms with Gasteiger partial charge < -0.3 is 10.2 Å². The van der Waals surface area contributed by atoms with Crippen molar-refractivity contribution in [3.05, 3.63) is 59.1 Å². The van der Waals surface area contributed by atoms with Gasteiger partial charge in [0.15, 0.2) is 0 Å². The van der Waals surface area contributed by atoms with Crippen molar-refractivity contribution in [3.8, 4) is 0 Å². The van der Waals surface area contributed by atoms with Crippen LogP contribution in [0.15, 0.2) is 48.5 Å². The normalized spacial score (nSPS) is 15.2. The average Bonchev–Trinajstić information content (AvgIpc) is 2.68. The van der Waals surface area contributed by atoms with Gasteiger partial charge in [0.25, 0.3) is 0 Å². The molecule has 2 N–H and O–H groups in total. The van der Waals surface area contributed by atoms with Crippen LogP contribution in [0.1, 0.15) is 18.4 Å². The predicted octanol–water partition coefficient (Wildman–Crippen LogP) is 3.60. The number of hydrogen-bond donors (Lipinski definition) is 2. The van der Waals surface area contributed by atoms with E-state index < -0.39 is 10.0 Å². The number of amides is 1. The topological polar surface area (TPSA) is 78.5 Å². The summed E-state index contributed by atoms with van der Waals surface area (Å²) in [6.45, 7) is 1.77. The van der Waals surface area contributed by atoms with Gasteiger partial charge in [-0.2, -0.15) is 0 Å². The van der Waals surface area contributed by atoms with E-state index in [9.17, 15) is 13.2 Å². The van der Waals surface area contributed by atoms with E-state index in [1.54, 1.807) is 24.3 Å². The maximum atomic E-state index is 12.5. The molecule has 0 saturated carbocycles. The minimum Gasteiger partial charge on any atom is -0.376 e. The van der Waals surface area contributed by atoms with E-state index in [1.807, 2.05) is 17.0 Å². The Morgan fingerprint density at radius 2 is 1.62 bits per heavy atom. The second kappa shape index (κ2) is 9.50. The Balaban J connectivity index is 1.42. The molecule has 0 radical (unpaired) electrons. The van der Waals surface area contributed by atoms with Crippen molar-refractivity contribution in [3.63, 3.8) is 0 Å². The molecule has 0 spiro atoms. The van der Waals surface area contributed by atoms with E-state index in [1.165, 1.54) is 5.56 Å². The van der Waals surface area contributed by atoms with Gasteiger partial charge >= 0.3 is 0 Å². The SMILES string of the molecule is CS(=O)(=O)Nc1ccc(NCC(=O)N2CCC(Cc3ccc(Cl)cc3)CC2)cc1. The van der Waals surface area contributed by atoms with Gasteiger partial charge in [-0.05, 0) is 67.1 Å². The number of piperidine rings is 1. The monoisotopic (exact) mass is 435 g/mol. The lowest BCUT2D eigenvalue weighted by molar-refractivity contribution is -0.130. The summed E-state index contributed by atoms with van der Waals surface area (Å²) >= 11 is 5.94. The fraction of sp³-hybridized carbons (Fsp3) is 0.381. The van der Waals surface area contributed by atoms with Crippen LogP contribution in [0.5, 0.6) is 0 Å². The van der Waals surface area contributed by atoms with Gasteiger partial charge in [-0.25, -0.2) is 8.42 Å². The highest BCUT2D eigenvalue weighted by atomic mass is 35.5. The number of halogens is 1. The molecule has 0 unspecified atom stereocenters. The first-order chi connectivity index (χ1) is 13.8. The van der Waals surface area contributed by atoms with Crippen LogP contribution >= 0.6 is 11.6 Å². The summed E-state index contributed by atoms with van der Waals surface area (Å²) in [6, 6.07) is 14.8. The van der Waals surface area contributed by atoms with Gasteiger partial charge in [0.05, 0.1) is 12.8 Å². The molecule has 29 heavy (non-hydrogen) atoms. The van der Waals surface area contributed by atoms with E-state index in [2.05, 4.69) is 22.2 Å². The van der Waals surface area contributed by atoms with Gasteiger partial charge in [-0.1, -0.05) is 23.7 Å². The summed E-state index contributed by atoms with van der Waals surface area (Å²) in [4.78, 5) is 14.4. The lowest BCUT2D eigenvalue weighted by Crippen LogP contribution is -2.41. The molecule has 1 heterocycles. The van der Waals surface area contributed by atoms with Gasteiger partial charge in [0.2, 0.25) is 15.9 Å². The number of likely N-dealkylation sites (tertiary alicyclic amines) is 1. The quantitative estimate of drug-likeness (QED) is 0.696. The number of carbonyl (C=O) groups is 1. The van der Waals surface area contributed by atoms with Crippen molar-refractivity contribution in [2.24, 2.45) is 5.92 Å². The number of carbonyl (C=O) groups excluding carboxylic acids is 1. The molecular weight excluding hydrogens is 410 g/mol. The lowest BCUT2D eigenvalue weighted by atomic mass is 9.90. The molecule has 0 atom stereocenters. The Bertz CT molecular complexity index is 923. The van der Waals surface area contributed by atoms with Crippen molar-refractivity contribution in [1.29, 1.82) is 0 Å². The number of anilines is 2. The molecule has 8 heteroatoms. The van der Waals surface area contributed by atoms with Crippen molar-refractivity contribution in [1.82, 2.24) is 4.90 Å². The molecular formula is C21H26ClN3O3S. The zero-order valence-electron chi connectivity index (χ0n) is 16.4. The molecule has 3 rings (SSSR count). The average molecular weight is 436 g/mol. The first-order valence-corrected chi connectivity index (χ1v) is 11.9. The third kappa shape index (κ3) is 6.94. The molecule has 1 aliphatic heterocycles. The minimum atomic E-state index is -3.29. The molecule has 1 fully saturated rings. The molecule has 2 aromatic carbocycles. The maximum absolute atomic E-state index is 12.5. The first-order valence-electron chi connectivity index (χ1n) is 9.62. The van der Waals surface area contributed by atoms with Crippen LogP contribution in [0, 0.1) is 5.92 Å². The van der Waals surface area contributed by atoms with Crippen LogP contribution in [-0.4, -0.2) is 45.1 Å². The molecule has 6 nitrogen and oxygen atoms in total. The molecule has 0 aromatic heterocycles. The highest BCUT2D eigenvalue weighted by Gasteiger charge is 2.22. The van der Waals surface area contributed by atoms with Crippen LogP contribution in [0.25, 0.3) is 0 Å². The van der Waals surface area contributed by atoms with E-state index in [-0.39, 0.29) is 12.5 Å². The van der Waals surface area contributed by atoms with E-state index in [4.69, 9.17) is 11.6 Å². The fourth-order valence-corrected chi connectivity index (χ4v) is 4.19. The molecule has 1 saturated heterocycles. The first kappa shape index (κ1) is 21.5. The summed E-state index contributed by atoms with van der Waals surface area (Å²) in [5.74, 6) is 0.663. The Hall–Kier alpha value is -2.25. The summed E-state index contributed by atoms with van der Waals surface area (Å²) in [6.07, 6.45) is 4.13. The van der Waals surface area contributed by atoms with Crippen molar-refractivity contribution in [2.75, 3.05) is 35.9 Å². The summed E-state index contributed by atoms with van der Waals surface area (Å²) in [5, 5.41) is 3.86. The van der Waals surface area contributed by atoms with Crippen molar-refractivity contribution in [2.45, 2.75) is 19.3 Å². The van der Waals surface area contributed by atoms with Crippen molar-refractivity contribution >= 4 is 38.9 Å². The van der Waals surface area contributed by atoms with Crippen LogP contribution in [-0.2, 0) is 21.2 Å². The number of sulfonamides is 1. The third-order valence-electron chi connectivity index (χ3n) is 5.04. The van der Waals surface area contributed by atoms with Crippen molar-refractivity contribution < 1.29 is 13.2 Å². The van der Waals surface area contributed by atoms with E-state index >= 15 is 0 Å². The molecule has 1 aliphatic rings. The Labute approximate surface area is 177 Å². The lowest BCUT2D eigenvalue weighted by Gasteiger charge is -2.32. The zero-order valence-corrected chi connectivity index (χ0v) is 18.0. The van der Waals surface area contributed by atoms with Crippen LogP contribution in [0.2, 0.25) is 5.02 Å². The maximum Gasteiger partial charge on any atom is 0.241 e. The van der Waals surface area contributed by atoms with E-state index in [0.717, 1.165) is 49.3 Å². The Morgan fingerprint density at radius 3 is 2.21 bits per heavy atom. The van der Waals surface area contributed by atoms with Gasteiger partial charge in [0, 0.05) is 29.5 Å². The molecule has 1 amide bonds. The largest absolute Gasteiger partial charge is 0.376 e. The second-order valence-corrected chi connectivity index (χ2v) is 9.64. The van der Waals surface area contributed by atoms with Crippen LogP contribution in [0.3, 0.4) is 0 Å². The fourth-order valence-electron chi connectivity index (χ4n) is 3.50. The number of nitrogens with zero attached hydrogens (tertiary/aromatic N) is 1. The number of benzene rings is 2. The van der Waals surface area contributed by atoms with E-state index in [0.29, 0.717) is 11.6 Å². The minimum absolute atomic E-state index is 0.0771. The molecule has 156 valence electrons. The Morgan fingerprint density at radius 1 is 1.03 bits per heavy atom. The van der Waals surface area contributed by atoms with Gasteiger partial charge in [0.1, 0.15) is 0 Å². The standard InChI is InChI=1S/C21H26ClN3O3S/c1-29(27,28)24-20-8-6-19(7-9-20)23-15-21(26)25-12-10-17(11-13-25)14-16-2-4-18(22)5-3-16/h2-9,17,23-24H,10-15H2,1H3. The number of hydrogen-bond acceptors (Lipinski definition) is 4. The summed E-state index contributed by atoms with van der Waals surface area (Å²) < 4.78 is 24.9. The predicted molar refractivity (Wildman–Crippen MR) is 118 cm³/mol. The zero-order chi connectivity index (χ0) is 20.9. The van der Waals surface area contributed by atoms with Gasteiger partial charge in [-0.3, -0.25) is 9.52 Å². The highest BCUT2D eigenvalue weighted by Crippen LogP contribution is 2.23.